The van der Waals surface area contributed by atoms with Gasteiger partial charge >= 0.3 is 0 Å². The van der Waals surface area contributed by atoms with Crippen LogP contribution in [0, 0.1) is 0 Å². The molecule has 0 unspecified atom stereocenters. The zero-order chi connectivity index (χ0) is 15.7. The summed E-state index contributed by atoms with van der Waals surface area (Å²) in [5.74, 6) is 0.353. The van der Waals surface area contributed by atoms with Crippen LogP contribution in [0.2, 0.25) is 0 Å². The quantitative estimate of drug-likeness (QED) is 0.833. The average molecular weight is 342 g/mol. The van der Waals surface area contributed by atoms with Crippen molar-refractivity contribution in [2.24, 2.45) is 0 Å². The lowest BCUT2D eigenvalue weighted by molar-refractivity contribution is -0.133. The molecule has 2 fully saturated rings. The number of hydrogen-bond acceptors (Lipinski definition) is 5. The van der Waals surface area contributed by atoms with Gasteiger partial charge in [0.25, 0.3) is 0 Å². The van der Waals surface area contributed by atoms with E-state index in [1.165, 1.54) is 4.88 Å². The fourth-order valence-corrected chi connectivity index (χ4v) is 6.06. The fraction of sp³-hybridized carbons (Fsp3) is 0.667. The zero-order valence-corrected chi connectivity index (χ0v) is 14.4. The third-order valence-corrected chi connectivity index (χ3v) is 7.45. The Labute approximate surface area is 135 Å². The van der Waals surface area contributed by atoms with Crippen molar-refractivity contribution in [2.75, 3.05) is 31.6 Å². The van der Waals surface area contributed by atoms with E-state index in [1.807, 2.05) is 6.07 Å². The number of hydrogen-bond donors (Lipinski definition) is 0. The molecule has 0 N–H and O–H groups in total. The van der Waals surface area contributed by atoms with Gasteiger partial charge in [-0.1, -0.05) is 6.07 Å². The van der Waals surface area contributed by atoms with Crippen LogP contribution in [0.4, 0.5) is 0 Å². The van der Waals surface area contributed by atoms with Crippen molar-refractivity contribution in [2.45, 2.75) is 31.3 Å². The maximum Gasteiger partial charge on any atom is 0.236 e. The van der Waals surface area contributed by atoms with E-state index in [2.05, 4.69) is 16.3 Å². The van der Waals surface area contributed by atoms with Crippen molar-refractivity contribution < 1.29 is 13.2 Å². The van der Waals surface area contributed by atoms with Crippen LogP contribution in [0.5, 0.6) is 0 Å². The molecule has 1 aromatic heterocycles. The second-order valence-corrected chi connectivity index (χ2v) is 9.41. The average Bonchev–Trinajstić information content (AvgIpc) is 3.17. The molecular formula is C15H22N2O3S2. The number of likely N-dealkylation sites (tertiary alicyclic amines) is 1. The maximum atomic E-state index is 12.5. The third-order valence-electron chi connectivity index (χ3n) is 4.72. The molecule has 7 heteroatoms. The molecule has 0 radical (unpaired) electrons. The van der Waals surface area contributed by atoms with Gasteiger partial charge in [-0.2, -0.15) is 0 Å². The highest BCUT2D eigenvalue weighted by atomic mass is 32.2. The van der Waals surface area contributed by atoms with Gasteiger partial charge in [0, 0.05) is 24.0 Å². The first-order valence-corrected chi connectivity index (χ1v) is 10.4. The second-order valence-electron chi connectivity index (χ2n) is 6.21. The van der Waals surface area contributed by atoms with Gasteiger partial charge in [-0.3, -0.25) is 9.69 Å². The molecule has 0 aliphatic carbocycles. The van der Waals surface area contributed by atoms with Gasteiger partial charge in [-0.25, -0.2) is 8.42 Å². The fourth-order valence-electron chi connectivity index (χ4n) is 3.39. The maximum absolute atomic E-state index is 12.5. The summed E-state index contributed by atoms with van der Waals surface area (Å²) in [5, 5.41) is 2.07. The van der Waals surface area contributed by atoms with Crippen LogP contribution in [0.15, 0.2) is 17.5 Å². The molecule has 3 heterocycles. The Bertz CT molecular complexity index is 627. The molecule has 0 bridgehead atoms. The van der Waals surface area contributed by atoms with Crippen molar-refractivity contribution in [1.29, 1.82) is 0 Å². The number of thiophene rings is 1. The number of amides is 1. The molecule has 1 aromatic rings. The Morgan fingerprint density at radius 1 is 1.45 bits per heavy atom. The highest BCUT2D eigenvalue weighted by Gasteiger charge is 2.34. The Morgan fingerprint density at radius 3 is 2.91 bits per heavy atom. The number of carbonyl (C=O) groups is 1. The van der Waals surface area contributed by atoms with E-state index < -0.39 is 9.84 Å². The number of sulfone groups is 1. The molecule has 5 nitrogen and oxygen atoms in total. The second kappa shape index (κ2) is 6.29. The summed E-state index contributed by atoms with van der Waals surface area (Å²) in [7, 11) is -1.21. The summed E-state index contributed by atoms with van der Waals surface area (Å²) in [4.78, 5) is 17.7. The van der Waals surface area contributed by atoms with Gasteiger partial charge in [0.1, 0.15) is 0 Å². The van der Waals surface area contributed by atoms with E-state index in [4.69, 9.17) is 0 Å². The van der Waals surface area contributed by atoms with E-state index >= 15 is 0 Å². The Morgan fingerprint density at radius 2 is 2.27 bits per heavy atom. The standard InChI is InChI=1S/C15H22N2O3S2/c1-16(12-6-9-22(19,20)11-12)15(18)10-17-7-2-4-13(17)14-5-3-8-21-14/h3,5,8,12-13H,2,4,6-7,9-11H2,1H3/t12-,13-/m0/s1. The molecule has 2 aliphatic heterocycles. The molecule has 2 saturated heterocycles. The zero-order valence-electron chi connectivity index (χ0n) is 12.8. The number of likely N-dealkylation sites (N-methyl/N-ethyl adjacent to an activating group) is 1. The Kier molecular flexibility index (Phi) is 4.56. The monoisotopic (exact) mass is 342 g/mol. The van der Waals surface area contributed by atoms with E-state index in [0.717, 1.165) is 19.4 Å². The summed E-state index contributed by atoms with van der Waals surface area (Å²) in [5.41, 5.74) is 0. The molecule has 3 rings (SSSR count). The van der Waals surface area contributed by atoms with Crippen LogP contribution >= 0.6 is 11.3 Å². The minimum absolute atomic E-state index is 0.0329. The predicted molar refractivity (Wildman–Crippen MR) is 87.7 cm³/mol. The molecule has 22 heavy (non-hydrogen) atoms. The number of nitrogens with zero attached hydrogens (tertiary/aromatic N) is 2. The van der Waals surface area contributed by atoms with Crippen LogP contribution in [-0.2, 0) is 14.6 Å². The van der Waals surface area contributed by atoms with E-state index in [1.54, 1.807) is 23.3 Å². The SMILES string of the molecule is CN(C(=O)CN1CCC[C@H]1c1cccs1)[C@H]1CCS(=O)(=O)C1. The largest absolute Gasteiger partial charge is 0.341 e. The minimum Gasteiger partial charge on any atom is -0.341 e. The molecule has 0 spiro atoms. The molecule has 2 atom stereocenters. The molecule has 1 amide bonds. The lowest BCUT2D eigenvalue weighted by atomic mass is 10.2. The highest BCUT2D eigenvalue weighted by Crippen LogP contribution is 2.34. The summed E-state index contributed by atoms with van der Waals surface area (Å²) < 4.78 is 23.1. The van der Waals surface area contributed by atoms with Gasteiger partial charge in [0.15, 0.2) is 9.84 Å². The summed E-state index contributed by atoms with van der Waals surface area (Å²) in [6.07, 6.45) is 2.77. The smallest absolute Gasteiger partial charge is 0.236 e. The Balaban J connectivity index is 1.61. The van der Waals surface area contributed by atoms with Gasteiger partial charge in [-0.15, -0.1) is 11.3 Å². The first kappa shape index (κ1) is 16.0. The summed E-state index contributed by atoms with van der Waals surface area (Å²) in [6, 6.07) is 4.36. The highest BCUT2D eigenvalue weighted by molar-refractivity contribution is 7.91. The predicted octanol–water partition coefficient (Wildman–Crippen LogP) is 1.53. The van der Waals surface area contributed by atoms with Crippen molar-refractivity contribution in [3.05, 3.63) is 22.4 Å². The van der Waals surface area contributed by atoms with Gasteiger partial charge in [0.05, 0.1) is 18.1 Å². The number of carbonyl (C=O) groups excluding carboxylic acids is 1. The molecule has 122 valence electrons. The molecule has 0 saturated carbocycles. The molecular weight excluding hydrogens is 320 g/mol. The first-order chi connectivity index (χ1) is 10.5. The van der Waals surface area contributed by atoms with Gasteiger partial charge in [-0.05, 0) is 37.3 Å². The number of rotatable bonds is 4. The summed E-state index contributed by atoms with van der Waals surface area (Å²) in [6.45, 7) is 1.32. The minimum atomic E-state index is -2.95. The van der Waals surface area contributed by atoms with Crippen LogP contribution in [0.25, 0.3) is 0 Å². The van der Waals surface area contributed by atoms with Gasteiger partial charge < -0.3 is 4.90 Å². The van der Waals surface area contributed by atoms with Crippen molar-refractivity contribution in [3.8, 4) is 0 Å². The van der Waals surface area contributed by atoms with Crippen molar-refractivity contribution >= 4 is 27.1 Å². The molecule has 0 aromatic carbocycles. The Hall–Kier alpha value is -0.920. The lowest BCUT2D eigenvalue weighted by Gasteiger charge is -2.28. The summed E-state index contributed by atoms with van der Waals surface area (Å²) >= 11 is 1.74. The third kappa shape index (κ3) is 3.36. The first-order valence-electron chi connectivity index (χ1n) is 7.70. The van der Waals surface area contributed by atoms with E-state index in [9.17, 15) is 13.2 Å². The van der Waals surface area contributed by atoms with Crippen LogP contribution in [-0.4, -0.2) is 61.8 Å². The lowest BCUT2D eigenvalue weighted by Crippen LogP contribution is -2.43. The van der Waals surface area contributed by atoms with Crippen LogP contribution < -0.4 is 0 Å². The van der Waals surface area contributed by atoms with E-state index in [-0.39, 0.29) is 23.5 Å². The van der Waals surface area contributed by atoms with Crippen LogP contribution in [0.3, 0.4) is 0 Å². The van der Waals surface area contributed by atoms with E-state index in [0.29, 0.717) is 19.0 Å². The normalized spacial score (nSPS) is 28.0. The van der Waals surface area contributed by atoms with Crippen LogP contribution in [0.1, 0.15) is 30.2 Å². The van der Waals surface area contributed by atoms with Crippen molar-refractivity contribution in [3.63, 3.8) is 0 Å². The van der Waals surface area contributed by atoms with Gasteiger partial charge in [0.2, 0.25) is 5.91 Å². The molecule has 2 aliphatic rings. The van der Waals surface area contributed by atoms with Crippen molar-refractivity contribution in [1.82, 2.24) is 9.80 Å². The topological polar surface area (TPSA) is 57.7 Å².